The fourth-order valence-electron chi connectivity index (χ4n) is 3.85. The van der Waals surface area contributed by atoms with Gasteiger partial charge >= 0.3 is 0 Å². The molecule has 0 amide bonds. The summed E-state index contributed by atoms with van der Waals surface area (Å²) in [6.07, 6.45) is 4.06. The maximum absolute atomic E-state index is 9.96. The summed E-state index contributed by atoms with van der Waals surface area (Å²) < 4.78 is 5.44. The van der Waals surface area contributed by atoms with Gasteiger partial charge in [-0.1, -0.05) is 0 Å². The zero-order valence-corrected chi connectivity index (χ0v) is 7.49. The topological polar surface area (TPSA) is 29.5 Å². The highest BCUT2D eigenvalue weighted by atomic mass is 16.6. The van der Waals surface area contributed by atoms with Gasteiger partial charge in [-0.3, -0.25) is 0 Å². The number of hydrogen-bond donors (Lipinski definition) is 1. The van der Waals surface area contributed by atoms with Crippen LogP contribution in [-0.4, -0.2) is 17.5 Å². The molecule has 3 aliphatic rings. The van der Waals surface area contributed by atoms with Crippen LogP contribution in [0.5, 0.6) is 0 Å². The molecule has 2 nitrogen and oxygen atoms in total. The van der Waals surface area contributed by atoms with Crippen LogP contribution in [0, 0.1) is 23.7 Å². The normalized spacial score (nSPS) is 62.5. The van der Waals surface area contributed by atoms with E-state index in [1.807, 2.05) is 6.92 Å². The Bertz CT molecular complexity index is 212. The molecule has 0 aromatic carbocycles. The van der Waals surface area contributed by atoms with E-state index in [9.17, 15) is 5.11 Å². The van der Waals surface area contributed by atoms with E-state index in [-0.39, 0.29) is 0 Å². The Kier molecular flexibility index (Phi) is 1.25. The molecule has 0 radical (unpaired) electrons. The molecule has 1 aliphatic heterocycles. The maximum atomic E-state index is 9.96. The minimum Gasteiger partial charge on any atom is -0.365 e. The molecule has 2 bridgehead atoms. The van der Waals surface area contributed by atoms with Crippen LogP contribution >= 0.6 is 0 Å². The van der Waals surface area contributed by atoms with Crippen molar-refractivity contribution in [2.75, 3.05) is 6.61 Å². The number of ether oxygens (including phenoxy) is 1. The fraction of sp³-hybridized carbons (Fsp3) is 1.00. The summed E-state index contributed by atoms with van der Waals surface area (Å²) in [6, 6.07) is 0. The van der Waals surface area contributed by atoms with Crippen LogP contribution < -0.4 is 0 Å². The van der Waals surface area contributed by atoms with Gasteiger partial charge < -0.3 is 9.84 Å². The lowest BCUT2D eigenvalue weighted by Gasteiger charge is -2.30. The zero-order valence-electron chi connectivity index (χ0n) is 7.49. The second-order valence-electron chi connectivity index (χ2n) is 4.89. The molecular formula is C10H16O2. The van der Waals surface area contributed by atoms with Gasteiger partial charge in [-0.15, -0.1) is 0 Å². The van der Waals surface area contributed by atoms with Crippen molar-refractivity contribution >= 4 is 0 Å². The predicted molar refractivity (Wildman–Crippen MR) is 44.4 cm³/mol. The van der Waals surface area contributed by atoms with E-state index in [1.54, 1.807) is 0 Å². The van der Waals surface area contributed by atoms with Crippen LogP contribution in [0.4, 0.5) is 0 Å². The molecule has 2 aliphatic carbocycles. The van der Waals surface area contributed by atoms with Gasteiger partial charge in [-0.05, 0) is 43.9 Å². The Balaban J connectivity index is 1.95. The molecule has 12 heavy (non-hydrogen) atoms. The van der Waals surface area contributed by atoms with Crippen molar-refractivity contribution in [1.82, 2.24) is 0 Å². The number of hydrogen-bond acceptors (Lipinski definition) is 2. The van der Waals surface area contributed by atoms with Gasteiger partial charge in [0.05, 0.1) is 6.61 Å². The van der Waals surface area contributed by atoms with Crippen molar-refractivity contribution in [3.8, 4) is 0 Å². The van der Waals surface area contributed by atoms with E-state index in [0.717, 1.165) is 18.4 Å². The van der Waals surface area contributed by atoms with Gasteiger partial charge in [0.25, 0.3) is 0 Å². The van der Waals surface area contributed by atoms with Crippen molar-refractivity contribution in [2.45, 2.75) is 32.0 Å². The molecule has 68 valence electrons. The van der Waals surface area contributed by atoms with E-state index in [0.29, 0.717) is 11.8 Å². The van der Waals surface area contributed by atoms with Gasteiger partial charge in [-0.2, -0.15) is 0 Å². The molecule has 3 rings (SSSR count). The van der Waals surface area contributed by atoms with Crippen LogP contribution in [0.25, 0.3) is 0 Å². The van der Waals surface area contributed by atoms with Crippen molar-refractivity contribution in [1.29, 1.82) is 0 Å². The highest BCUT2D eigenvalue weighted by molar-refractivity contribution is 5.03. The Morgan fingerprint density at radius 3 is 2.83 bits per heavy atom. The summed E-state index contributed by atoms with van der Waals surface area (Å²) in [5.41, 5.74) is 0. The first-order chi connectivity index (χ1) is 5.68. The molecule has 2 saturated carbocycles. The molecule has 0 spiro atoms. The highest BCUT2D eigenvalue weighted by Crippen LogP contribution is 2.59. The van der Waals surface area contributed by atoms with E-state index < -0.39 is 5.79 Å². The second kappa shape index (κ2) is 2.05. The van der Waals surface area contributed by atoms with Crippen LogP contribution in [0.3, 0.4) is 0 Å². The highest BCUT2D eigenvalue weighted by Gasteiger charge is 2.58. The first-order valence-corrected chi connectivity index (χ1v) is 5.05. The molecule has 1 heterocycles. The van der Waals surface area contributed by atoms with E-state index in [2.05, 4.69) is 0 Å². The van der Waals surface area contributed by atoms with Gasteiger partial charge in [-0.25, -0.2) is 0 Å². The third-order valence-corrected chi connectivity index (χ3v) is 4.27. The van der Waals surface area contributed by atoms with Crippen LogP contribution in [0.2, 0.25) is 0 Å². The number of aliphatic hydroxyl groups is 1. The molecule has 1 unspecified atom stereocenters. The van der Waals surface area contributed by atoms with Crippen molar-refractivity contribution in [3.05, 3.63) is 0 Å². The lowest BCUT2D eigenvalue weighted by molar-refractivity contribution is -0.188. The van der Waals surface area contributed by atoms with Crippen LogP contribution in [-0.2, 0) is 4.74 Å². The van der Waals surface area contributed by atoms with E-state index >= 15 is 0 Å². The van der Waals surface area contributed by atoms with Gasteiger partial charge in [0.2, 0.25) is 0 Å². The van der Waals surface area contributed by atoms with Crippen molar-refractivity contribution in [2.24, 2.45) is 23.7 Å². The van der Waals surface area contributed by atoms with Gasteiger partial charge in [0.15, 0.2) is 5.79 Å². The largest absolute Gasteiger partial charge is 0.365 e. The van der Waals surface area contributed by atoms with Crippen LogP contribution in [0.15, 0.2) is 0 Å². The zero-order chi connectivity index (χ0) is 8.34. The summed E-state index contributed by atoms with van der Waals surface area (Å²) in [7, 11) is 0. The SMILES string of the molecule is CC1(O)OC[C@@H]2[C@H]3CC[C@H](C3)[C@@H]21. The van der Waals surface area contributed by atoms with Crippen molar-refractivity contribution < 1.29 is 9.84 Å². The first kappa shape index (κ1) is 7.34. The summed E-state index contributed by atoms with van der Waals surface area (Å²) in [5, 5.41) is 9.96. The molecule has 0 aromatic rings. The lowest BCUT2D eigenvalue weighted by atomic mass is 9.77. The van der Waals surface area contributed by atoms with Gasteiger partial charge in [0, 0.05) is 5.92 Å². The van der Waals surface area contributed by atoms with Crippen molar-refractivity contribution in [3.63, 3.8) is 0 Å². The lowest BCUT2D eigenvalue weighted by Crippen LogP contribution is -2.36. The third kappa shape index (κ3) is 0.728. The molecule has 3 fully saturated rings. The Morgan fingerprint density at radius 1 is 1.33 bits per heavy atom. The average molecular weight is 168 g/mol. The van der Waals surface area contributed by atoms with Crippen LogP contribution in [0.1, 0.15) is 26.2 Å². The summed E-state index contributed by atoms with van der Waals surface area (Å²) in [5.74, 6) is 1.96. The number of fused-ring (bicyclic) bond motifs is 5. The monoisotopic (exact) mass is 168 g/mol. The minimum atomic E-state index is -0.801. The number of rotatable bonds is 0. The van der Waals surface area contributed by atoms with Gasteiger partial charge in [0.1, 0.15) is 0 Å². The fourth-order valence-corrected chi connectivity index (χ4v) is 3.85. The molecule has 5 atom stereocenters. The predicted octanol–water partition coefficient (Wildman–Crippen LogP) is 1.39. The second-order valence-corrected chi connectivity index (χ2v) is 4.89. The average Bonchev–Trinajstić information content (AvgIpc) is 2.61. The third-order valence-electron chi connectivity index (χ3n) is 4.27. The summed E-state index contributed by atoms with van der Waals surface area (Å²) in [4.78, 5) is 0. The molecule has 1 saturated heterocycles. The summed E-state index contributed by atoms with van der Waals surface area (Å²) in [6.45, 7) is 2.65. The van der Waals surface area contributed by atoms with E-state index in [1.165, 1.54) is 19.3 Å². The molecule has 1 N–H and O–H groups in total. The molecule has 0 aromatic heterocycles. The molecule has 2 heteroatoms. The minimum absolute atomic E-state index is 0.455. The quantitative estimate of drug-likeness (QED) is 0.592. The van der Waals surface area contributed by atoms with E-state index in [4.69, 9.17) is 4.74 Å². The Morgan fingerprint density at radius 2 is 2.08 bits per heavy atom. The smallest absolute Gasteiger partial charge is 0.166 e. The first-order valence-electron chi connectivity index (χ1n) is 5.05. The standard InChI is InChI=1S/C10H16O2/c1-10(11)9-7-3-2-6(4-7)8(9)5-12-10/h6-9,11H,2-5H2,1H3/t6-,7+,8+,9-,10?/m0/s1. The maximum Gasteiger partial charge on any atom is 0.166 e. The molecular weight excluding hydrogens is 152 g/mol. The summed E-state index contributed by atoms with van der Waals surface area (Å²) >= 11 is 0. The Hall–Kier alpha value is -0.0800. The Labute approximate surface area is 72.9 Å².